The SMILES string of the molecule is CC1CC(C)CC(N2CCC(CN)C2)C1. The summed E-state index contributed by atoms with van der Waals surface area (Å²) in [5.41, 5.74) is 5.75. The van der Waals surface area contributed by atoms with Crippen LogP contribution in [0.4, 0.5) is 0 Å². The standard InChI is InChI=1S/C13H26N2/c1-10-5-11(2)7-13(6-10)15-4-3-12(8-14)9-15/h10-13H,3-9,14H2,1-2H3. The van der Waals surface area contributed by atoms with Crippen molar-refractivity contribution in [3.8, 4) is 0 Å². The maximum Gasteiger partial charge on any atom is 0.0100 e. The zero-order valence-electron chi connectivity index (χ0n) is 10.3. The highest BCUT2D eigenvalue weighted by atomic mass is 15.2. The highest BCUT2D eigenvalue weighted by Crippen LogP contribution is 2.33. The first-order valence-electron chi connectivity index (χ1n) is 6.63. The van der Waals surface area contributed by atoms with Gasteiger partial charge in [-0.05, 0) is 56.5 Å². The molecule has 2 N–H and O–H groups in total. The summed E-state index contributed by atoms with van der Waals surface area (Å²) in [5, 5.41) is 0. The van der Waals surface area contributed by atoms with Crippen molar-refractivity contribution in [1.82, 2.24) is 4.90 Å². The molecular weight excluding hydrogens is 184 g/mol. The second-order valence-corrected chi connectivity index (χ2v) is 5.96. The first kappa shape index (κ1) is 11.4. The van der Waals surface area contributed by atoms with Crippen molar-refractivity contribution in [2.45, 2.75) is 45.6 Å². The molecule has 0 aromatic carbocycles. The predicted octanol–water partition coefficient (Wildman–Crippen LogP) is 2.09. The zero-order chi connectivity index (χ0) is 10.8. The van der Waals surface area contributed by atoms with E-state index in [1.807, 2.05) is 0 Å². The first-order chi connectivity index (χ1) is 7.19. The molecule has 2 aliphatic rings. The molecule has 2 heteroatoms. The fourth-order valence-corrected chi connectivity index (χ4v) is 3.59. The maximum absolute atomic E-state index is 5.75. The van der Waals surface area contributed by atoms with Gasteiger partial charge >= 0.3 is 0 Å². The van der Waals surface area contributed by atoms with Gasteiger partial charge in [0, 0.05) is 12.6 Å². The van der Waals surface area contributed by atoms with E-state index >= 15 is 0 Å². The molecule has 88 valence electrons. The topological polar surface area (TPSA) is 29.3 Å². The van der Waals surface area contributed by atoms with E-state index in [9.17, 15) is 0 Å². The number of nitrogens with two attached hydrogens (primary N) is 1. The summed E-state index contributed by atoms with van der Waals surface area (Å²) in [4.78, 5) is 2.71. The Morgan fingerprint density at radius 2 is 1.80 bits per heavy atom. The average molecular weight is 210 g/mol. The summed E-state index contributed by atoms with van der Waals surface area (Å²) in [7, 11) is 0. The molecule has 0 aromatic rings. The van der Waals surface area contributed by atoms with Crippen LogP contribution in [0.2, 0.25) is 0 Å². The summed E-state index contributed by atoms with van der Waals surface area (Å²) in [6.07, 6.45) is 5.60. The first-order valence-corrected chi connectivity index (χ1v) is 6.63. The van der Waals surface area contributed by atoms with Crippen LogP contribution in [0, 0.1) is 17.8 Å². The monoisotopic (exact) mass is 210 g/mol. The van der Waals surface area contributed by atoms with Crippen LogP contribution in [-0.4, -0.2) is 30.6 Å². The third-order valence-corrected chi connectivity index (χ3v) is 4.32. The van der Waals surface area contributed by atoms with Crippen molar-refractivity contribution in [3.63, 3.8) is 0 Å². The Morgan fingerprint density at radius 3 is 2.33 bits per heavy atom. The summed E-state index contributed by atoms with van der Waals surface area (Å²) in [5.74, 6) is 2.63. The lowest BCUT2D eigenvalue weighted by Crippen LogP contribution is -2.39. The minimum atomic E-state index is 0.775. The number of rotatable bonds is 2. The van der Waals surface area contributed by atoms with E-state index in [0.717, 1.165) is 30.3 Å². The Balaban J connectivity index is 1.88. The van der Waals surface area contributed by atoms with Gasteiger partial charge in [-0.25, -0.2) is 0 Å². The minimum absolute atomic E-state index is 0.775. The van der Waals surface area contributed by atoms with E-state index in [1.165, 1.54) is 38.8 Å². The van der Waals surface area contributed by atoms with E-state index in [4.69, 9.17) is 5.73 Å². The molecule has 1 saturated heterocycles. The van der Waals surface area contributed by atoms with Gasteiger partial charge in [-0.1, -0.05) is 13.8 Å². The summed E-state index contributed by atoms with van der Waals surface area (Å²) >= 11 is 0. The summed E-state index contributed by atoms with van der Waals surface area (Å²) in [6, 6.07) is 0.861. The molecule has 3 unspecified atom stereocenters. The smallest absolute Gasteiger partial charge is 0.0100 e. The Morgan fingerprint density at radius 1 is 1.13 bits per heavy atom. The molecule has 2 fully saturated rings. The number of hydrogen-bond acceptors (Lipinski definition) is 2. The second-order valence-electron chi connectivity index (χ2n) is 5.96. The van der Waals surface area contributed by atoms with Crippen LogP contribution in [0.25, 0.3) is 0 Å². The molecule has 2 nitrogen and oxygen atoms in total. The molecule has 1 aliphatic carbocycles. The number of nitrogens with zero attached hydrogens (tertiary/aromatic N) is 1. The van der Waals surface area contributed by atoms with Gasteiger partial charge < -0.3 is 10.6 Å². The van der Waals surface area contributed by atoms with E-state index in [2.05, 4.69) is 18.7 Å². The van der Waals surface area contributed by atoms with Crippen LogP contribution in [0.3, 0.4) is 0 Å². The van der Waals surface area contributed by atoms with Gasteiger partial charge in [0.1, 0.15) is 0 Å². The van der Waals surface area contributed by atoms with Crippen LogP contribution in [0.15, 0.2) is 0 Å². The van der Waals surface area contributed by atoms with Crippen molar-refractivity contribution in [2.75, 3.05) is 19.6 Å². The molecule has 3 atom stereocenters. The highest BCUT2D eigenvalue weighted by Gasteiger charge is 2.32. The van der Waals surface area contributed by atoms with E-state index in [0.29, 0.717) is 0 Å². The van der Waals surface area contributed by atoms with E-state index in [1.54, 1.807) is 0 Å². The fourth-order valence-electron chi connectivity index (χ4n) is 3.59. The number of likely N-dealkylation sites (tertiary alicyclic amines) is 1. The zero-order valence-corrected chi connectivity index (χ0v) is 10.3. The van der Waals surface area contributed by atoms with Crippen LogP contribution in [-0.2, 0) is 0 Å². The molecule has 2 rings (SSSR count). The quantitative estimate of drug-likeness (QED) is 0.756. The lowest BCUT2D eigenvalue weighted by Gasteiger charge is -2.37. The van der Waals surface area contributed by atoms with Crippen molar-refractivity contribution in [1.29, 1.82) is 0 Å². The van der Waals surface area contributed by atoms with Gasteiger partial charge in [0.15, 0.2) is 0 Å². The molecule has 0 radical (unpaired) electrons. The van der Waals surface area contributed by atoms with Crippen molar-refractivity contribution < 1.29 is 0 Å². The van der Waals surface area contributed by atoms with Gasteiger partial charge in [-0.3, -0.25) is 0 Å². The summed E-state index contributed by atoms with van der Waals surface area (Å²) < 4.78 is 0. The van der Waals surface area contributed by atoms with Crippen LogP contribution >= 0.6 is 0 Å². The molecule has 1 heterocycles. The predicted molar refractivity (Wildman–Crippen MR) is 64.7 cm³/mol. The summed E-state index contributed by atoms with van der Waals surface area (Å²) in [6.45, 7) is 8.28. The Bertz CT molecular complexity index is 195. The van der Waals surface area contributed by atoms with Crippen LogP contribution < -0.4 is 5.73 Å². The Kier molecular flexibility index (Phi) is 3.68. The Labute approximate surface area is 94.2 Å². The molecule has 0 aromatic heterocycles. The normalized spacial score (nSPS) is 43.4. The molecule has 15 heavy (non-hydrogen) atoms. The largest absolute Gasteiger partial charge is 0.330 e. The van der Waals surface area contributed by atoms with Gasteiger partial charge in [0.25, 0.3) is 0 Å². The fraction of sp³-hybridized carbons (Fsp3) is 1.00. The minimum Gasteiger partial charge on any atom is -0.330 e. The molecule has 0 bridgehead atoms. The molecular formula is C13H26N2. The second kappa shape index (κ2) is 4.84. The van der Waals surface area contributed by atoms with Crippen LogP contribution in [0.5, 0.6) is 0 Å². The third kappa shape index (κ3) is 2.73. The molecule has 1 saturated carbocycles. The molecule has 0 amide bonds. The molecule has 1 aliphatic heterocycles. The third-order valence-electron chi connectivity index (χ3n) is 4.32. The van der Waals surface area contributed by atoms with E-state index in [-0.39, 0.29) is 0 Å². The average Bonchev–Trinajstić information content (AvgIpc) is 2.64. The van der Waals surface area contributed by atoms with Crippen LogP contribution in [0.1, 0.15) is 39.5 Å². The van der Waals surface area contributed by atoms with Gasteiger partial charge in [0.2, 0.25) is 0 Å². The van der Waals surface area contributed by atoms with Gasteiger partial charge in [-0.15, -0.1) is 0 Å². The Hall–Kier alpha value is -0.0800. The van der Waals surface area contributed by atoms with E-state index < -0.39 is 0 Å². The highest BCUT2D eigenvalue weighted by molar-refractivity contribution is 4.86. The van der Waals surface area contributed by atoms with Crippen molar-refractivity contribution >= 4 is 0 Å². The molecule has 0 spiro atoms. The lowest BCUT2D eigenvalue weighted by atomic mass is 9.80. The van der Waals surface area contributed by atoms with Crippen molar-refractivity contribution in [2.24, 2.45) is 23.5 Å². The lowest BCUT2D eigenvalue weighted by molar-refractivity contribution is 0.129. The maximum atomic E-state index is 5.75. The number of hydrogen-bond donors (Lipinski definition) is 1. The van der Waals surface area contributed by atoms with Gasteiger partial charge in [0.05, 0.1) is 0 Å². The van der Waals surface area contributed by atoms with Gasteiger partial charge in [-0.2, -0.15) is 0 Å². The van der Waals surface area contributed by atoms with Crippen molar-refractivity contribution in [3.05, 3.63) is 0 Å².